The van der Waals surface area contributed by atoms with Crippen molar-refractivity contribution in [2.45, 2.75) is 37.5 Å². The minimum Gasteiger partial charge on any atom is -0.493 e. The molecule has 0 aromatic heterocycles. The quantitative estimate of drug-likeness (QED) is 0.189. The van der Waals surface area contributed by atoms with Crippen LogP contribution in [0.5, 0.6) is 11.5 Å². The first-order chi connectivity index (χ1) is 15.6. The van der Waals surface area contributed by atoms with Gasteiger partial charge in [0.2, 0.25) is 0 Å². The van der Waals surface area contributed by atoms with Crippen LogP contribution in [0.2, 0.25) is 5.02 Å². The number of carbonyl (C=O) groups is 1. The molecule has 0 N–H and O–H groups in total. The van der Waals surface area contributed by atoms with Crippen LogP contribution in [0.1, 0.15) is 36.5 Å². The monoisotopic (exact) mass is 477 g/mol. The number of nitrogens with zero attached hydrogens (tertiary/aromatic N) is 1. The Morgan fingerprint density at radius 3 is 2.81 bits per heavy atom. The van der Waals surface area contributed by atoms with E-state index in [1.54, 1.807) is 11.8 Å². The van der Waals surface area contributed by atoms with E-state index in [0.717, 1.165) is 63.8 Å². The third-order valence-electron chi connectivity index (χ3n) is 4.96. The number of rotatable bonds is 11. The lowest BCUT2D eigenvalue weighted by atomic mass is 10.0. The van der Waals surface area contributed by atoms with Gasteiger partial charge in [0.1, 0.15) is 30.9 Å². The van der Waals surface area contributed by atoms with Crippen LogP contribution in [0.25, 0.3) is 0 Å². The van der Waals surface area contributed by atoms with Gasteiger partial charge in [-0.1, -0.05) is 36.2 Å². The molecule has 0 spiro atoms. The molecule has 0 saturated carbocycles. The van der Waals surface area contributed by atoms with Gasteiger partial charge < -0.3 is 19.0 Å². The van der Waals surface area contributed by atoms with E-state index >= 15 is 0 Å². The number of oxime groups is 1. The Kier molecular flexibility index (Phi) is 9.11. The molecule has 0 aliphatic carbocycles. The highest BCUT2D eigenvalue weighted by Crippen LogP contribution is 2.37. The lowest BCUT2D eigenvalue weighted by molar-refractivity contribution is -0.139. The molecule has 6 nitrogen and oxygen atoms in total. The van der Waals surface area contributed by atoms with E-state index in [1.807, 2.05) is 30.3 Å². The number of esters is 1. The Morgan fingerprint density at radius 1 is 1.25 bits per heavy atom. The van der Waals surface area contributed by atoms with Crippen LogP contribution in [0.3, 0.4) is 0 Å². The average Bonchev–Trinajstić information content (AvgIpc) is 3.19. The maximum absolute atomic E-state index is 11.4. The molecular formula is C24H28ClNO5S. The van der Waals surface area contributed by atoms with Gasteiger partial charge in [0.25, 0.3) is 0 Å². The molecule has 8 heteroatoms. The number of fused-ring (bicyclic) bond motifs is 1. The molecule has 1 aliphatic rings. The molecular weight excluding hydrogens is 450 g/mol. The zero-order valence-corrected chi connectivity index (χ0v) is 20.2. The molecule has 0 amide bonds. The van der Waals surface area contributed by atoms with Gasteiger partial charge in [-0.15, -0.1) is 11.8 Å². The predicted molar refractivity (Wildman–Crippen MR) is 127 cm³/mol. The topological polar surface area (TPSA) is 66.4 Å². The van der Waals surface area contributed by atoms with Crippen LogP contribution in [-0.4, -0.2) is 44.9 Å². The van der Waals surface area contributed by atoms with Crippen molar-refractivity contribution in [1.29, 1.82) is 0 Å². The van der Waals surface area contributed by atoms with E-state index in [-0.39, 0.29) is 12.4 Å². The van der Waals surface area contributed by atoms with Gasteiger partial charge >= 0.3 is 5.97 Å². The number of hydrogen-bond acceptors (Lipinski definition) is 7. The fourth-order valence-electron chi connectivity index (χ4n) is 3.46. The molecule has 0 bridgehead atoms. The number of ether oxygens (including phenoxy) is 3. The SMILES string of the molecule is CCCc1c(OCCCSc2ccc(CC(=O)OC)cc2Cl)ccc2c1OCC2=NOC. The maximum Gasteiger partial charge on any atom is 0.309 e. The number of benzene rings is 2. The maximum atomic E-state index is 11.4. The molecule has 0 unspecified atom stereocenters. The second-order valence-electron chi connectivity index (χ2n) is 7.25. The molecule has 32 heavy (non-hydrogen) atoms. The van der Waals surface area contributed by atoms with Crippen molar-refractivity contribution >= 4 is 35.0 Å². The van der Waals surface area contributed by atoms with Gasteiger partial charge in [-0.05, 0) is 42.7 Å². The molecule has 0 radical (unpaired) electrons. The molecule has 0 atom stereocenters. The summed E-state index contributed by atoms with van der Waals surface area (Å²) in [7, 11) is 2.92. The lowest BCUT2D eigenvalue weighted by Gasteiger charge is -2.14. The van der Waals surface area contributed by atoms with E-state index in [0.29, 0.717) is 18.2 Å². The van der Waals surface area contributed by atoms with Crippen LogP contribution >= 0.6 is 23.4 Å². The summed E-state index contributed by atoms with van der Waals surface area (Å²) < 4.78 is 16.7. The standard InChI is InChI=1S/C24H28ClNO5S/c1-4-6-18-21(9-8-17-20(26-29-3)15-31-24(17)18)30-11-5-12-32-22-10-7-16(13-19(22)25)14-23(27)28-2/h7-10,13H,4-6,11-12,14-15H2,1-3H3. The van der Waals surface area contributed by atoms with Crippen LogP contribution in [-0.2, 0) is 27.2 Å². The fraction of sp³-hybridized carbons (Fsp3) is 0.417. The summed E-state index contributed by atoms with van der Waals surface area (Å²) in [6.45, 7) is 3.15. The number of carbonyl (C=O) groups excluding carboxylic acids is 1. The average molecular weight is 478 g/mol. The minimum atomic E-state index is -0.278. The van der Waals surface area contributed by atoms with Crippen molar-refractivity contribution in [3.63, 3.8) is 0 Å². The van der Waals surface area contributed by atoms with E-state index in [4.69, 9.17) is 30.6 Å². The summed E-state index contributed by atoms with van der Waals surface area (Å²) in [5.41, 5.74) is 3.71. The fourth-order valence-corrected chi connectivity index (χ4v) is 4.67. The van der Waals surface area contributed by atoms with Crippen molar-refractivity contribution in [2.24, 2.45) is 5.16 Å². The number of halogens is 1. The van der Waals surface area contributed by atoms with Gasteiger partial charge in [0.15, 0.2) is 0 Å². The summed E-state index contributed by atoms with van der Waals surface area (Å²) in [6.07, 6.45) is 2.96. The first kappa shape index (κ1) is 24.3. The van der Waals surface area contributed by atoms with Crippen molar-refractivity contribution in [1.82, 2.24) is 0 Å². The summed E-state index contributed by atoms with van der Waals surface area (Å²) in [5, 5.41) is 4.70. The molecule has 1 heterocycles. The lowest BCUT2D eigenvalue weighted by Crippen LogP contribution is -2.04. The number of hydrogen-bond donors (Lipinski definition) is 0. The van der Waals surface area contributed by atoms with Crippen LogP contribution in [0, 0.1) is 0 Å². The summed E-state index contributed by atoms with van der Waals surface area (Å²) in [5.74, 6) is 2.30. The van der Waals surface area contributed by atoms with E-state index in [9.17, 15) is 4.79 Å². The second-order valence-corrected chi connectivity index (χ2v) is 8.79. The Balaban J connectivity index is 1.54. The number of methoxy groups -OCH3 is 1. The molecule has 0 saturated heterocycles. The summed E-state index contributed by atoms with van der Waals surface area (Å²) in [6, 6.07) is 9.65. The van der Waals surface area contributed by atoms with Crippen LogP contribution in [0.4, 0.5) is 0 Å². The van der Waals surface area contributed by atoms with Gasteiger partial charge in [0, 0.05) is 21.8 Å². The molecule has 1 aliphatic heterocycles. The van der Waals surface area contributed by atoms with Crippen molar-refractivity contribution in [3.8, 4) is 11.5 Å². The summed E-state index contributed by atoms with van der Waals surface area (Å²) in [4.78, 5) is 17.3. The minimum absolute atomic E-state index is 0.221. The first-order valence-corrected chi connectivity index (χ1v) is 11.9. The molecule has 2 aromatic carbocycles. The zero-order valence-electron chi connectivity index (χ0n) is 18.6. The zero-order chi connectivity index (χ0) is 22.9. The Hall–Kier alpha value is -2.38. The Morgan fingerprint density at radius 2 is 2.09 bits per heavy atom. The Labute approximate surface area is 198 Å². The first-order valence-electron chi connectivity index (χ1n) is 10.6. The van der Waals surface area contributed by atoms with Gasteiger partial charge in [-0.2, -0.15) is 0 Å². The van der Waals surface area contributed by atoms with Crippen molar-refractivity contribution < 1.29 is 23.8 Å². The van der Waals surface area contributed by atoms with Crippen LogP contribution < -0.4 is 9.47 Å². The number of thioether (sulfide) groups is 1. The predicted octanol–water partition coefficient (Wildman–Crippen LogP) is 5.31. The highest BCUT2D eigenvalue weighted by molar-refractivity contribution is 7.99. The highest BCUT2D eigenvalue weighted by atomic mass is 35.5. The van der Waals surface area contributed by atoms with Crippen molar-refractivity contribution in [2.75, 3.05) is 33.2 Å². The van der Waals surface area contributed by atoms with Gasteiger partial charge in [-0.25, -0.2) is 0 Å². The van der Waals surface area contributed by atoms with E-state index < -0.39 is 0 Å². The molecule has 2 aromatic rings. The molecule has 3 rings (SSSR count). The third-order valence-corrected chi connectivity index (χ3v) is 6.54. The normalized spacial score (nSPS) is 13.6. The van der Waals surface area contributed by atoms with Crippen LogP contribution in [0.15, 0.2) is 40.4 Å². The van der Waals surface area contributed by atoms with Crippen molar-refractivity contribution in [3.05, 3.63) is 52.0 Å². The highest BCUT2D eigenvalue weighted by Gasteiger charge is 2.25. The van der Waals surface area contributed by atoms with E-state index in [2.05, 4.69) is 12.1 Å². The smallest absolute Gasteiger partial charge is 0.309 e. The molecule has 172 valence electrons. The second kappa shape index (κ2) is 12.0. The van der Waals surface area contributed by atoms with Gasteiger partial charge in [0.05, 0.1) is 25.2 Å². The third kappa shape index (κ3) is 6.11. The van der Waals surface area contributed by atoms with E-state index in [1.165, 1.54) is 14.2 Å². The largest absolute Gasteiger partial charge is 0.493 e. The Bertz CT molecular complexity index is 979. The van der Waals surface area contributed by atoms with Gasteiger partial charge in [-0.3, -0.25) is 4.79 Å². The summed E-state index contributed by atoms with van der Waals surface area (Å²) >= 11 is 8.05. The molecule has 0 fully saturated rings.